The molecule has 0 saturated heterocycles. The Morgan fingerprint density at radius 2 is 2.10 bits per heavy atom. The van der Waals surface area contributed by atoms with Gasteiger partial charge in [0.2, 0.25) is 0 Å². The van der Waals surface area contributed by atoms with Crippen molar-refractivity contribution in [3.05, 3.63) is 52.5 Å². The van der Waals surface area contributed by atoms with Gasteiger partial charge in [-0.05, 0) is 46.3 Å². The minimum atomic E-state index is -0.335. The number of rotatable bonds is 3. The molecule has 0 bridgehead atoms. The van der Waals surface area contributed by atoms with Gasteiger partial charge >= 0.3 is 0 Å². The van der Waals surface area contributed by atoms with Crippen molar-refractivity contribution >= 4 is 38.6 Å². The normalized spacial score (nSPS) is 11.0. The lowest BCUT2D eigenvalue weighted by Crippen LogP contribution is -2.00. The van der Waals surface area contributed by atoms with Crippen LogP contribution in [0.4, 0.5) is 4.39 Å². The van der Waals surface area contributed by atoms with Crippen molar-refractivity contribution in [2.45, 2.75) is 5.88 Å². The van der Waals surface area contributed by atoms with E-state index >= 15 is 0 Å². The van der Waals surface area contributed by atoms with E-state index in [4.69, 9.17) is 16.3 Å². The predicted molar refractivity (Wildman–Crippen MR) is 84.8 cm³/mol. The maximum absolute atomic E-state index is 13.8. The second-order valence-corrected chi connectivity index (χ2v) is 5.57. The molecule has 1 heterocycles. The molecule has 0 aliphatic rings. The third kappa shape index (κ3) is 2.51. The fourth-order valence-electron chi connectivity index (χ4n) is 2.23. The first-order valence-corrected chi connectivity index (χ1v) is 7.53. The van der Waals surface area contributed by atoms with Crippen molar-refractivity contribution in [1.82, 2.24) is 9.55 Å². The lowest BCUT2D eigenvalue weighted by atomic mass is 10.2. The van der Waals surface area contributed by atoms with Gasteiger partial charge in [-0.2, -0.15) is 0 Å². The largest absolute Gasteiger partial charge is 0.497 e. The first-order valence-electron chi connectivity index (χ1n) is 6.21. The van der Waals surface area contributed by atoms with E-state index in [0.717, 1.165) is 11.0 Å². The molecule has 0 fully saturated rings. The predicted octanol–water partition coefficient (Wildman–Crippen LogP) is 4.67. The van der Waals surface area contributed by atoms with Crippen molar-refractivity contribution in [3.8, 4) is 11.4 Å². The Morgan fingerprint density at radius 3 is 2.76 bits per heavy atom. The summed E-state index contributed by atoms with van der Waals surface area (Å²) in [6.07, 6.45) is 0. The Hall–Kier alpha value is -1.59. The number of aromatic nitrogens is 2. The summed E-state index contributed by atoms with van der Waals surface area (Å²) in [5.74, 6) is 1.26. The zero-order valence-electron chi connectivity index (χ0n) is 11.1. The van der Waals surface area contributed by atoms with Gasteiger partial charge in [0.05, 0.1) is 34.2 Å². The molecule has 0 unspecified atom stereocenters. The highest BCUT2D eigenvalue weighted by Crippen LogP contribution is 2.28. The van der Waals surface area contributed by atoms with Crippen LogP contribution in [0.25, 0.3) is 16.7 Å². The molecular weight excluding hydrogens is 359 g/mol. The molecule has 0 N–H and O–H groups in total. The summed E-state index contributed by atoms with van der Waals surface area (Å²) in [7, 11) is 1.60. The molecule has 0 spiro atoms. The van der Waals surface area contributed by atoms with E-state index in [9.17, 15) is 4.39 Å². The highest BCUT2D eigenvalue weighted by atomic mass is 79.9. The first-order chi connectivity index (χ1) is 10.1. The van der Waals surface area contributed by atoms with Crippen LogP contribution in [0, 0.1) is 5.82 Å². The molecule has 108 valence electrons. The molecule has 0 radical (unpaired) electrons. The van der Waals surface area contributed by atoms with Crippen LogP contribution >= 0.6 is 27.5 Å². The zero-order chi connectivity index (χ0) is 15.0. The van der Waals surface area contributed by atoms with Crippen LogP contribution in [0.15, 0.2) is 40.9 Å². The van der Waals surface area contributed by atoms with Crippen LogP contribution in [-0.2, 0) is 5.88 Å². The molecule has 6 heteroatoms. The van der Waals surface area contributed by atoms with Gasteiger partial charge in [-0.15, -0.1) is 11.6 Å². The topological polar surface area (TPSA) is 27.1 Å². The van der Waals surface area contributed by atoms with Gasteiger partial charge in [0.15, 0.2) is 0 Å². The average Bonchev–Trinajstić information content (AvgIpc) is 2.87. The van der Waals surface area contributed by atoms with Gasteiger partial charge in [-0.3, -0.25) is 4.57 Å². The fraction of sp³-hybridized carbons (Fsp3) is 0.133. The number of fused-ring (bicyclic) bond motifs is 1. The number of nitrogens with zero attached hydrogens (tertiary/aromatic N) is 2. The van der Waals surface area contributed by atoms with Gasteiger partial charge < -0.3 is 4.74 Å². The fourth-order valence-corrected chi connectivity index (χ4v) is 2.66. The third-order valence-electron chi connectivity index (χ3n) is 3.21. The molecule has 0 amide bonds. The Bertz CT molecular complexity index is 819. The lowest BCUT2D eigenvalue weighted by Gasteiger charge is -2.09. The number of benzene rings is 2. The molecule has 0 aliphatic heterocycles. The number of imidazole rings is 1. The summed E-state index contributed by atoms with van der Waals surface area (Å²) in [4.78, 5) is 4.48. The van der Waals surface area contributed by atoms with Gasteiger partial charge in [0, 0.05) is 6.07 Å². The first kappa shape index (κ1) is 14.4. The number of methoxy groups -OCH3 is 1. The van der Waals surface area contributed by atoms with Gasteiger partial charge in [0.1, 0.15) is 17.4 Å². The van der Waals surface area contributed by atoms with Crippen molar-refractivity contribution in [3.63, 3.8) is 0 Å². The molecular formula is C15H11BrClFN2O. The second-order valence-electron chi connectivity index (χ2n) is 4.45. The number of hydrogen-bond acceptors (Lipinski definition) is 2. The molecule has 0 atom stereocenters. The standard InChI is InChI=1S/C15H11BrClFN2O/c1-21-10-3-5-13-14(7-10)20(15(8-17)19-13)9-2-4-11(16)12(18)6-9/h2-7H,8H2,1H3. The highest BCUT2D eigenvalue weighted by Gasteiger charge is 2.13. The summed E-state index contributed by atoms with van der Waals surface area (Å²) < 4.78 is 21.3. The van der Waals surface area contributed by atoms with E-state index in [2.05, 4.69) is 20.9 Å². The molecule has 2 aromatic carbocycles. The number of halogens is 3. The molecule has 3 rings (SSSR count). The van der Waals surface area contributed by atoms with Crippen molar-refractivity contribution in [1.29, 1.82) is 0 Å². The van der Waals surface area contributed by atoms with Crippen LogP contribution in [-0.4, -0.2) is 16.7 Å². The number of alkyl halides is 1. The Morgan fingerprint density at radius 1 is 1.29 bits per heavy atom. The van der Waals surface area contributed by atoms with E-state index in [1.807, 2.05) is 28.8 Å². The molecule has 3 nitrogen and oxygen atoms in total. The maximum atomic E-state index is 13.8. The smallest absolute Gasteiger partial charge is 0.139 e. The Kier molecular flexibility index (Phi) is 3.87. The van der Waals surface area contributed by atoms with Gasteiger partial charge in [-0.1, -0.05) is 0 Å². The molecule has 21 heavy (non-hydrogen) atoms. The maximum Gasteiger partial charge on any atom is 0.139 e. The molecule has 0 saturated carbocycles. The third-order valence-corrected chi connectivity index (χ3v) is 4.09. The highest BCUT2D eigenvalue weighted by molar-refractivity contribution is 9.10. The second kappa shape index (κ2) is 5.66. The van der Waals surface area contributed by atoms with E-state index in [1.54, 1.807) is 13.2 Å². The van der Waals surface area contributed by atoms with Crippen LogP contribution in [0.1, 0.15) is 5.82 Å². The molecule has 0 aliphatic carbocycles. The van der Waals surface area contributed by atoms with E-state index in [0.29, 0.717) is 21.7 Å². The van der Waals surface area contributed by atoms with Crippen LogP contribution in [0.3, 0.4) is 0 Å². The van der Waals surface area contributed by atoms with Crippen LogP contribution < -0.4 is 4.74 Å². The SMILES string of the molecule is COc1ccc2nc(CCl)n(-c3ccc(Br)c(F)c3)c2c1. The minimum absolute atomic E-state index is 0.231. The van der Waals surface area contributed by atoms with Crippen LogP contribution in [0.5, 0.6) is 5.75 Å². The van der Waals surface area contributed by atoms with Crippen molar-refractivity contribution < 1.29 is 9.13 Å². The molecule has 1 aromatic heterocycles. The van der Waals surface area contributed by atoms with E-state index < -0.39 is 0 Å². The van der Waals surface area contributed by atoms with E-state index in [-0.39, 0.29) is 11.7 Å². The minimum Gasteiger partial charge on any atom is -0.497 e. The van der Waals surface area contributed by atoms with Gasteiger partial charge in [-0.25, -0.2) is 9.37 Å². The Balaban J connectivity index is 2.30. The van der Waals surface area contributed by atoms with Gasteiger partial charge in [0.25, 0.3) is 0 Å². The average molecular weight is 370 g/mol. The number of ether oxygens (including phenoxy) is 1. The summed E-state index contributed by atoms with van der Waals surface area (Å²) in [6, 6.07) is 10.5. The van der Waals surface area contributed by atoms with E-state index in [1.165, 1.54) is 6.07 Å². The molecule has 3 aromatic rings. The summed E-state index contributed by atoms with van der Waals surface area (Å²) in [6.45, 7) is 0. The zero-order valence-corrected chi connectivity index (χ0v) is 13.4. The monoisotopic (exact) mass is 368 g/mol. The van der Waals surface area contributed by atoms with Crippen molar-refractivity contribution in [2.24, 2.45) is 0 Å². The van der Waals surface area contributed by atoms with Crippen molar-refractivity contribution in [2.75, 3.05) is 7.11 Å². The quantitative estimate of drug-likeness (QED) is 0.627. The number of hydrogen-bond donors (Lipinski definition) is 0. The lowest BCUT2D eigenvalue weighted by molar-refractivity contribution is 0.415. The summed E-state index contributed by atoms with van der Waals surface area (Å²) in [5, 5.41) is 0. The summed E-state index contributed by atoms with van der Waals surface area (Å²) in [5.41, 5.74) is 2.28. The summed E-state index contributed by atoms with van der Waals surface area (Å²) >= 11 is 9.14. The van der Waals surface area contributed by atoms with Crippen LogP contribution in [0.2, 0.25) is 0 Å². The Labute approximate surface area is 134 Å².